The van der Waals surface area contributed by atoms with Gasteiger partial charge in [0.1, 0.15) is 5.82 Å². The molecular weight excluding hydrogens is 364 g/mol. The molecule has 0 saturated heterocycles. The van der Waals surface area contributed by atoms with Crippen molar-refractivity contribution < 1.29 is 13.2 Å². The van der Waals surface area contributed by atoms with Crippen LogP contribution in [0.4, 0.5) is 11.5 Å². The van der Waals surface area contributed by atoms with Crippen LogP contribution in [0, 0.1) is 0 Å². The normalized spacial score (nSPS) is 14.0. The molecule has 1 aliphatic carbocycles. The molecule has 0 unspecified atom stereocenters. The third kappa shape index (κ3) is 4.84. The summed E-state index contributed by atoms with van der Waals surface area (Å²) in [4.78, 5) is 19.0. The number of benzene rings is 1. The largest absolute Gasteiger partial charge is 0.357 e. The zero-order valence-corrected chi connectivity index (χ0v) is 16.3. The van der Waals surface area contributed by atoms with Gasteiger partial charge in [0, 0.05) is 24.7 Å². The molecule has 144 valence electrons. The summed E-state index contributed by atoms with van der Waals surface area (Å²) >= 11 is 0. The molecule has 1 aromatic heterocycles. The van der Waals surface area contributed by atoms with Crippen LogP contribution in [0.2, 0.25) is 0 Å². The van der Waals surface area contributed by atoms with Gasteiger partial charge in [-0.2, -0.15) is 0 Å². The van der Waals surface area contributed by atoms with Crippen molar-refractivity contribution in [2.24, 2.45) is 0 Å². The Morgan fingerprint density at radius 1 is 1.11 bits per heavy atom. The fraction of sp³-hybridized carbons (Fsp3) is 0.368. The molecule has 1 aromatic carbocycles. The fourth-order valence-corrected chi connectivity index (χ4v) is 3.98. The van der Waals surface area contributed by atoms with E-state index in [1.165, 1.54) is 24.3 Å². The lowest BCUT2D eigenvalue weighted by Crippen LogP contribution is -2.25. The van der Waals surface area contributed by atoms with Gasteiger partial charge in [-0.25, -0.2) is 18.1 Å². The van der Waals surface area contributed by atoms with E-state index >= 15 is 0 Å². The zero-order chi connectivity index (χ0) is 19.4. The summed E-state index contributed by atoms with van der Waals surface area (Å²) in [5.41, 5.74) is 0.969. The smallest absolute Gasteiger partial charge is 0.255 e. The zero-order valence-electron chi connectivity index (χ0n) is 15.5. The van der Waals surface area contributed by atoms with Gasteiger partial charge in [0.15, 0.2) is 0 Å². The predicted octanol–water partition coefficient (Wildman–Crippen LogP) is 2.62. The first-order valence-corrected chi connectivity index (χ1v) is 10.6. The van der Waals surface area contributed by atoms with Gasteiger partial charge in [0.25, 0.3) is 5.91 Å². The minimum absolute atomic E-state index is 0.0461. The van der Waals surface area contributed by atoms with E-state index in [2.05, 4.69) is 33.8 Å². The molecule has 1 fully saturated rings. The minimum Gasteiger partial charge on any atom is -0.357 e. The number of amides is 1. The number of anilines is 2. The van der Waals surface area contributed by atoms with Gasteiger partial charge in [-0.15, -0.1) is 0 Å². The van der Waals surface area contributed by atoms with Gasteiger partial charge in [0.2, 0.25) is 10.0 Å². The van der Waals surface area contributed by atoms with Crippen molar-refractivity contribution in [1.82, 2.24) is 9.71 Å². The summed E-state index contributed by atoms with van der Waals surface area (Å²) in [5, 5.41) is 2.78. The first-order chi connectivity index (χ1) is 12.9. The Kier molecular flexibility index (Phi) is 5.76. The third-order valence-corrected chi connectivity index (χ3v) is 5.96. The Labute approximate surface area is 159 Å². The highest BCUT2D eigenvalue weighted by atomic mass is 32.2. The second-order valence-corrected chi connectivity index (χ2v) is 8.17. The lowest BCUT2D eigenvalue weighted by molar-refractivity contribution is 0.102. The highest BCUT2D eigenvalue weighted by molar-refractivity contribution is 7.89. The monoisotopic (exact) mass is 388 g/mol. The molecule has 1 amide bonds. The molecule has 7 nitrogen and oxygen atoms in total. The molecule has 1 heterocycles. The van der Waals surface area contributed by atoms with Crippen LogP contribution >= 0.6 is 0 Å². The van der Waals surface area contributed by atoms with Crippen molar-refractivity contribution in [2.75, 3.05) is 23.3 Å². The highest BCUT2D eigenvalue weighted by Gasteiger charge is 2.27. The van der Waals surface area contributed by atoms with Crippen LogP contribution in [0.25, 0.3) is 0 Å². The Hall–Kier alpha value is -2.45. The number of nitrogens with one attached hydrogen (secondary N) is 2. The standard InChI is InChI=1S/C19H24N4O3S/c1-3-23(4-2)18-12-9-16(13-20-18)21-19(24)14-5-10-17(11-6-14)27(25,26)22-15-7-8-15/h5-6,9-13,15,22H,3-4,7-8H2,1-2H3,(H,21,24). The summed E-state index contributed by atoms with van der Waals surface area (Å²) in [6, 6.07) is 9.62. The Morgan fingerprint density at radius 2 is 1.78 bits per heavy atom. The molecule has 8 heteroatoms. The number of carbonyl (C=O) groups is 1. The summed E-state index contributed by atoms with van der Waals surface area (Å²) in [6.45, 7) is 5.84. The third-order valence-electron chi connectivity index (χ3n) is 4.42. The molecule has 0 bridgehead atoms. The molecule has 0 spiro atoms. The van der Waals surface area contributed by atoms with Crippen LogP contribution in [0.1, 0.15) is 37.0 Å². The first-order valence-electron chi connectivity index (χ1n) is 9.07. The molecule has 2 aromatic rings. The second kappa shape index (κ2) is 8.06. The van der Waals surface area contributed by atoms with E-state index in [4.69, 9.17) is 0 Å². The van der Waals surface area contributed by atoms with Crippen molar-refractivity contribution in [2.45, 2.75) is 37.6 Å². The first kappa shape index (κ1) is 19.3. The number of rotatable bonds is 8. The quantitative estimate of drug-likeness (QED) is 0.725. The van der Waals surface area contributed by atoms with Crippen molar-refractivity contribution in [3.63, 3.8) is 0 Å². The summed E-state index contributed by atoms with van der Waals surface area (Å²) in [5.74, 6) is 0.544. The van der Waals surface area contributed by atoms with Crippen LogP contribution in [-0.4, -0.2) is 38.4 Å². The van der Waals surface area contributed by atoms with Gasteiger partial charge in [-0.1, -0.05) is 0 Å². The van der Waals surface area contributed by atoms with Crippen molar-refractivity contribution in [1.29, 1.82) is 0 Å². The molecule has 0 radical (unpaired) electrons. The van der Waals surface area contributed by atoms with Gasteiger partial charge in [-0.05, 0) is 63.1 Å². The highest BCUT2D eigenvalue weighted by Crippen LogP contribution is 2.22. The van der Waals surface area contributed by atoms with Crippen molar-refractivity contribution in [3.8, 4) is 0 Å². The maximum atomic E-state index is 12.4. The molecule has 1 saturated carbocycles. The van der Waals surface area contributed by atoms with E-state index in [0.29, 0.717) is 11.3 Å². The second-order valence-electron chi connectivity index (χ2n) is 6.45. The van der Waals surface area contributed by atoms with Crippen LogP contribution < -0.4 is 14.9 Å². The summed E-state index contributed by atoms with van der Waals surface area (Å²) in [7, 11) is -3.51. The Morgan fingerprint density at radius 3 is 2.30 bits per heavy atom. The molecule has 27 heavy (non-hydrogen) atoms. The number of sulfonamides is 1. The Bertz CT molecular complexity index is 888. The SMILES string of the molecule is CCN(CC)c1ccc(NC(=O)c2ccc(S(=O)(=O)NC3CC3)cc2)cn1. The van der Waals surface area contributed by atoms with E-state index in [0.717, 1.165) is 31.7 Å². The van der Waals surface area contributed by atoms with Crippen LogP contribution in [-0.2, 0) is 10.0 Å². The lowest BCUT2D eigenvalue weighted by Gasteiger charge is -2.19. The van der Waals surface area contributed by atoms with E-state index in [-0.39, 0.29) is 16.8 Å². The van der Waals surface area contributed by atoms with E-state index < -0.39 is 10.0 Å². The average Bonchev–Trinajstić information content (AvgIpc) is 3.47. The minimum atomic E-state index is -3.51. The topological polar surface area (TPSA) is 91.4 Å². The number of hydrogen-bond donors (Lipinski definition) is 2. The Balaban J connectivity index is 1.65. The molecule has 0 aliphatic heterocycles. The van der Waals surface area contributed by atoms with E-state index in [9.17, 15) is 13.2 Å². The van der Waals surface area contributed by atoms with Gasteiger partial charge in [-0.3, -0.25) is 4.79 Å². The van der Waals surface area contributed by atoms with E-state index in [1.54, 1.807) is 12.3 Å². The molecule has 3 rings (SSSR count). The van der Waals surface area contributed by atoms with E-state index in [1.807, 2.05) is 6.07 Å². The van der Waals surface area contributed by atoms with Crippen molar-refractivity contribution in [3.05, 3.63) is 48.2 Å². The molecule has 2 N–H and O–H groups in total. The number of hydrogen-bond acceptors (Lipinski definition) is 5. The molecule has 0 atom stereocenters. The number of pyridine rings is 1. The maximum Gasteiger partial charge on any atom is 0.255 e. The summed E-state index contributed by atoms with van der Waals surface area (Å²) < 4.78 is 27.0. The predicted molar refractivity (Wildman–Crippen MR) is 106 cm³/mol. The molecular formula is C19H24N4O3S. The number of nitrogens with zero attached hydrogens (tertiary/aromatic N) is 2. The van der Waals surface area contributed by atoms with Crippen LogP contribution in [0.15, 0.2) is 47.5 Å². The lowest BCUT2D eigenvalue weighted by atomic mass is 10.2. The van der Waals surface area contributed by atoms with Crippen molar-refractivity contribution >= 4 is 27.4 Å². The van der Waals surface area contributed by atoms with Gasteiger partial charge in [0.05, 0.1) is 16.8 Å². The summed E-state index contributed by atoms with van der Waals surface area (Å²) in [6.07, 6.45) is 3.37. The fourth-order valence-electron chi connectivity index (χ4n) is 2.67. The van der Waals surface area contributed by atoms with Gasteiger partial charge >= 0.3 is 0 Å². The molecule has 1 aliphatic rings. The maximum absolute atomic E-state index is 12.4. The average molecular weight is 388 g/mol. The van der Waals surface area contributed by atoms with Crippen LogP contribution in [0.5, 0.6) is 0 Å². The number of aromatic nitrogens is 1. The van der Waals surface area contributed by atoms with Crippen LogP contribution in [0.3, 0.4) is 0 Å². The number of carbonyl (C=O) groups excluding carboxylic acids is 1. The van der Waals surface area contributed by atoms with Gasteiger partial charge < -0.3 is 10.2 Å².